The quantitative estimate of drug-likeness (QED) is 0.545. The van der Waals surface area contributed by atoms with Crippen LogP contribution in [0.5, 0.6) is 0 Å². The minimum Gasteiger partial charge on any atom is -0.333 e. The Morgan fingerprint density at radius 1 is 0.871 bits per heavy atom. The molecule has 3 rings (SSSR count). The maximum Gasteiger partial charge on any atom is 0.241 e. The van der Waals surface area contributed by atoms with Gasteiger partial charge in [-0.15, -0.1) is 0 Å². The maximum absolute atomic E-state index is 13.4. The van der Waals surface area contributed by atoms with Crippen molar-refractivity contribution < 1.29 is 17.6 Å². The summed E-state index contributed by atoms with van der Waals surface area (Å²) in [5, 5.41) is 0. The van der Waals surface area contributed by atoms with Crippen LogP contribution in [0.2, 0.25) is 0 Å². The molecule has 31 heavy (non-hydrogen) atoms. The average Bonchev–Trinajstić information content (AvgIpc) is 2.78. The van der Waals surface area contributed by atoms with E-state index in [0.29, 0.717) is 13.1 Å². The molecular weight excluding hydrogens is 415 g/mol. The van der Waals surface area contributed by atoms with Gasteiger partial charge in [-0.3, -0.25) is 4.79 Å². The Morgan fingerprint density at radius 3 is 1.81 bits per heavy atom. The van der Waals surface area contributed by atoms with Crippen LogP contribution in [0.25, 0.3) is 0 Å². The fourth-order valence-electron chi connectivity index (χ4n) is 3.22. The van der Waals surface area contributed by atoms with Crippen molar-refractivity contribution in [3.63, 3.8) is 0 Å². The third-order valence-corrected chi connectivity index (χ3v) is 6.36. The molecule has 0 aliphatic rings. The van der Waals surface area contributed by atoms with Gasteiger partial charge in [0.25, 0.3) is 0 Å². The molecule has 0 bridgehead atoms. The highest BCUT2D eigenvalue weighted by Gasteiger charge is 2.28. The van der Waals surface area contributed by atoms with Crippen molar-refractivity contribution in [3.05, 3.63) is 102 Å². The molecule has 1 atom stereocenters. The van der Waals surface area contributed by atoms with Gasteiger partial charge in [0.2, 0.25) is 15.9 Å². The molecule has 0 saturated heterocycles. The standard InChI is InChI=1S/C24H25FN2O3S/c1-2-23(26-31(29,30)22-15-13-21(25)14-16-22)24(28)27(17-19-9-5-3-6-10-19)18-20-11-7-4-8-12-20/h3-16,23,26H,2,17-18H2,1H3. The van der Waals surface area contributed by atoms with E-state index in [2.05, 4.69) is 4.72 Å². The van der Waals surface area contributed by atoms with Crippen molar-refractivity contribution in [3.8, 4) is 0 Å². The summed E-state index contributed by atoms with van der Waals surface area (Å²) in [4.78, 5) is 14.9. The Labute approximate surface area is 182 Å². The summed E-state index contributed by atoms with van der Waals surface area (Å²) < 4.78 is 41.2. The lowest BCUT2D eigenvalue weighted by atomic mass is 10.1. The number of sulfonamides is 1. The summed E-state index contributed by atoms with van der Waals surface area (Å²) in [5.74, 6) is -0.847. The minimum atomic E-state index is -3.98. The van der Waals surface area contributed by atoms with Crippen molar-refractivity contribution >= 4 is 15.9 Å². The molecule has 1 amide bonds. The monoisotopic (exact) mass is 440 g/mol. The molecule has 1 unspecified atom stereocenters. The van der Waals surface area contributed by atoms with Gasteiger partial charge < -0.3 is 4.90 Å². The molecule has 0 saturated carbocycles. The second-order valence-corrected chi connectivity index (χ2v) is 8.92. The SMILES string of the molecule is CCC(NS(=O)(=O)c1ccc(F)cc1)C(=O)N(Cc1ccccc1)Cc1ccccc1. The van der Waals surface area contributed by atoms with E-state index in [0.717, 1.165) is 23.3 Å². The zero-order valence-electron chi connectivity index (χ0n) is 17.2. The fourth-order valence-corrected chi connectivity index (χ4v) is 4.49. The highest BCUT2D eigenvalue weighted by Crippen LogP contribution is 2.15. The van der Waals surface area contributed by atoms with Crippen LogP contribution in [0.3, 0.4) is 0 Å². The van der Waals surface area contributed by atoms with Gasteiger partial charge in [0, 0.05) is 13.1 Å². The number of benzene rings is 3. The van der Waals surface area contributed by atoms with Gasteiger partial charge in [0.15, 0.2) is 0 Å². The zero-order valence-corrected chi connectivity index (χ0v) is 18.1. The summed E-state index contributed by atoms with van der Waals surface area (Å²) in [6.45, 7) is 2.45. The molecule has 3 aromatic rings. The number of rotatable bonds is 9. The summed E-state index contributed by atoms with van der Waals surface area (Å²) in [5.41, 5.74) is 1.89. The second-order valence-electron chi connectivity index (χ2n) is 7.20. The molecular formula is C24H25FN2O3S. The second kappa shape index (κ2) is 10.3. The van der Waals surface area contributed by atoms with Gasteiger partial charge in [0.05, 0.1) is 4.90 Å². The van der Waals surface area contributed by atoms with Crippen molar-refractivity contribution in [2.75, 3.05) is 0 Å². The first kappa shape index (κ1) is 22.7. The van der Waals surface area contributed by atoms with E-state index in [4.69, 9.17) is 0 Å². The Hall–Kier alpha value is -3.03. The van der Waals surface area contributed by atoms with Crippen LogP contribution in [0, 0.1) is 5.82 Å². The van der Waals surface area contributed by atoms with Crippen molar-refractivity contribution in [1.29, 1.82) is 0 Å². The molecule has 1 N–H and O–H groups in total. The maximum atomic E-state index is 13.4. The lowest BCUT2D eigenvalue weighted by molar-refractivity contribution is -0.134. The van der Waals surface area contributed by atoms with E-state index in [9.17, 15) is 17.6 Å². The van der Waals surface area contributed by atoms with Crippen LogP contribution in [-0.2, 0) is 27.9 Å². The van der Waals surface area contributed by atoms with Crippen molar-refractivity contribution in [2.24, 2.45) is 0 Å². The summed E-state index contributed by atoms with van der Waals surface area (Å²) in [6, 6.07) is 22.7. The fraction of sp³-hybridized carbons (Fsp3) is 0.208. The van der Waals surface area contributed by atoms with Crippen LogP contribution in [0.1, 0.15) is 24.5 Å². The molecule has 3 aromatic carbocycles. The first-order valence-corrected chi connectivity index (χ1v) is 11.5. The van der Waals surface area contributed by atoms with Crippen LogP contribution in [0.15, 0.2) is 89.8 Å². The molecule has 0 heterocycles. The van der Waals surface area contributed by atoms with Crippen LogP contribution >= 0.6 is 0 Å². The summed E-state index contributed by atoms with van der Waals surface area (Å²) in [7, 11) is -3.98. The summed E-state index contributed by atoms with van der Waals surface area (Å²) in [6.07, 6.45) is 0.277. The van der Waals surface area contributed by atoms with Crippen molar-refractivity contribution in [2.45, 2.75) is 37.4 Å². The number of amides is 1. The van der Waals surface area contributed by atoms with Crippen LogP contribution in [0.4, 0.5) is 4.39 Å². The average molecular weight is 441 g/mol. The number of halogens is 1. The molecule has 5 nitrogen and oxygen atoms in total. The van der Waals surface area contributed by atoms with Crippen molar-refractivity contribution in [1.82, 2.24) is 9.62 Å². The van der Waals surface area contributed by atoms with E-state index in [-0.39, 0.29) is 17.2 Å². The molecule has 7 heteroatoms. The lowest BCUT2D eigenvalue weighted by Crippen LogP contribution is -2.47. The third-order valence-electron chi connectivity index (χ3n) is 4.87. The van der Waals surface area contributed by atoms with Gasteiger partial charge in [-0.05, 0) is 41.8 Å². The van der Waals surface area contributed by atoms with E-state index < -0.39 is 21.9 Å². The van der Waals surface area contributed by atoms with E-state index in [1.165, 1.54) is 12.1 Å². The smallest absolute Gasteiger partial charge is 0.241 e. The zero-order chi connectivity index (χ0) is 22.3. The molecule has 0 spiro atoms. The molecule has 0 aliphatic carbocycles. The van der Waals surface area contributed by atoms with Gasteiger partial charge in [-0.2, -0.15) is 4.72 Å². The van der Waals surface area contributed by atoms with E-state index in [1.807, 2.05) is 60.7 Å². The van der Waals surface area contributed by atoms with E-state index in [1.54, 1.807) is 11.8 Å². The molecule has 0 aliphatic heterocycles. The number of carbonyl (C=O) groups excluding carboxylic acids is 1. The normalized spacial score (nSPS) is 12.3. The Balaban J connectivity index is 1.83. The first-order valence-electron chi connectivity index (χ1n) is 10.0. The van der Waals surface area contributed by atoms with Gasteiger partial charge in [0.1, 0.15) is 11.9 Å². The molecule has 0 aromatic heterocycles. The number of hydrogen-bond acceptors (Lipinski definition) is 3. The van der Waals surface area contributed by atoms with E-state index >= 15 is 0 Å². The predicted octanol–water partition coefficient (Wildman–Crippen LogP) is 4.11. The third kappa shape index (κ3) is 6.23. The molecule has 0 fully saturated rings. The van der Waals surface area contributed by atoms with Crippen LogP contribution < -0.4 is 4.72 Å². The largest absolute Gasteiger partial charge is 0.333 e. The topological polar surface area (TPSA) is 66.5 Å². The number of nitrogens with zero attached hydrogens (tertiary/aromatic N) is 1. The predicted molar refractivity (Wildman–Crippen MR) is 118 cm³/mol. The number of carbonyl (C=O) groups is 1. The van der Waals surface area contributed by atoms with Gasteiger partial charge >= 0.3 is 0 Å². The highest BCUT2D eigenvalue weighted by molar-refractivity contribution is 7.89. The molecule has 0 radical (unpaired) electrons. The molecule has 162 valence electrons. The Kier molecular flexibility index (Phi) is 7.55. The highest BCUT2D eigenvalue weighted by atomic mass is 32.2. The van der Waals surface area contributed by atoms with Gasteiger partial charge in [-0.25, -0.2) is 12.8 Å². The summed E-state index contributed by atoms with van der Waals surface area (Å²) >= 11 is 0. The Morgan fingerprint density at radius 2 is 1.35 bits per heavy atom. The number of nitrogens with one attached hydrogen (secondary N) is 1. The Bertz CT molecular complexity index is 1050. The number of hydrogen-bond donors (Lipinski definition) is 1. The minimum absolute atomic E-state index is 0.0854. The van der Waals surface area contributed by atoms with Gasteiger partial charge in [-0.1, -0.05) is 67.6 Å². The van der Waals surface area contributed by atoms with Crippen LogP contribution in [-0.4, -0.2) is 25.3 Å². The first-order chi connectivity index (χ1) is 14.9. The lowest BCUT2D eigenvalue weighted by Gasteiger charge is -2.28.